The second kappa shape index (κ2) is 14.3. The molecular formula is C19H35IN4O2. The Morgan fingerprint density at radius 1 is 1.27 bits per heavy atom. The smallest absolute Gasteiger partial charge is 0.191 e. The molecule has 0 aliphatic carbocycles. The van der Waals surface area contributed by atoms with Crippen LogP contribution in [0.4, 0.5) is 0 Å². The van der Waals surface area contributed by atoms with Crippen LogP contribution in [0.15, 0.2) is 27.8 Å². The molecule has 0 spiro atoms. The van der Waals surface area contributed by atoms with Crippen molar-refractivity contribution in [1.82, 2.24) is 15.5 Å². The van der Waals surface area contributed by atoms with Crippen molar-refractivity contribution >= 4 is 29.9 Å². The van der Waals surface area contributed by atoms with E-state index in [1.807, 2.05) is 6.07 Å². The van der Waals surface area contributed by atoms with Gasteiger partial charge < -0.3 is 19.8 Å². The number of ether oxygens (including phenoxy) is 1. The van der Waals surface area contributed by atoms with E-state index < -0.39 is 0 Å². The highest BCUT2D eigenvalue weighted by atomic mass is 127. The average molecular weight is 478 g/mol. The zero-order valence-electron chi connectivity index (χ0n) is 16.2. The normalized spacial score (nSPS) is 16.8. The molecule has 1 aromatic heterocycles. The SMILES string of the molecule is CCCCOCCNC(=NC)NCC(c1ccco1)N1CCCCC1.I. The molecule has 1 unspecified atom stereocenters. The Hall–Kier alpha value is -0.800. The molecule has 0 aromatic carbocycles. The van der Waals surface area contributed by atoms with Crippen LogP contribution < -0.4 is 10.6 Å². The lowest BCUT2D eigenvalue weighted by molar-refractivity contribution is 0.135. The van der Waals surface area contributed by atoms with Crippen molar-refractivity contribution < 1.29 is 9.15 Å². The van der Waals surface area contributed by atoms with E-state index in [0.29, 0.717) is 6.61 Å². The van der Waals surface area contributed by atoms with Crippen LogP contribution in [0.25, 0.3) is 0 Å². The summed E-state index contributed by atoms with van der Waals surface area (Å²) in [7, 11) is 1.80. The van der Waals surface area contributed by atoms with Crippen LogP contribution in [0.5, 0.6) is 0 Å². The highest BCUT2D eigenvalue weighted by Gasteiger charge is 2.24. The Bertz CT molecular complexity index is 476. The maximum absolute atomic E-state index is 5.69. The quantitative estimate of drug-likeness (QED) is 0.234. The summed E-state index contributed by atoms with van der Waals surface area (Å²) < 4.78 is 11.3. The van der Waals surface area contributed by atoms with Gasteiger partial charge >= 0.3 is 0 Å². The number of rotatable bonds is 10. The maximum Gasteiger partial charge on any atom is 0.191 e. The lowest BCUT2D eigenvalue weighted by atomic mass is 10.1. The number of guanidine groups is 1. The molecule has 0 saturated carbocycles. The molecule has 1 fully saturated rings. The van der Waals surface area contributed by atoms with Crippen LogP contribution in [0, 0.1) is 0 Å². The van der Waals surface area contributed by atoms with Crippen LogP contribution >= 0.6 is 24.0 Å². The van der Waals surface area contributed by atoms with Crippen molar-refractivity contribution in [3.63, 3.8) is 0 Å². The number of hydrogen-bond donors (Lipinski definition) is 2. The van der Waals surface area contributed by atoms with E-state index in [1.54, 1.807) is 13.3 Å². The molecule has 2 heterocycles. The number of aliphatic imine (C=N–C) groups is 1. The molecule has 1 aromatic rings. The number of likely N-dealkylation sites (tertiary alicyclic amines) is 1. The Morgan fingerprint density at radius 2 is 2.08 bits per heavy atom. The fourth-order valence-corrected chi connectivity index (χ4v) is 3.12. The Balaban J connectivity index is 0.00000338. The van der Waals surface area contributed by atoms with Gasteiger partial charge in [0, 0.05) is 26.7 Å². The predicted octanol–water partition coefficient (Wildman–Crippen LogP) is 3.41. The number of unbranched alkanes of at least 4 members (excludes halogenated alkanes) is 1. The first-order valence-electron chi connectivity index (χ1n) is 9.65. The summed E-state index contributed by atoms with van der Waals surface area (Å²) in [6.07, 6.45) is 7.90. The van der Waals surface area contributed by atoms with Crippen LogP contribution in [-0.2, 0) is 4.74 Å². The summed E-state index contributed by atoms with van der Waals surface area (Å²) in [6, 6.07) is 4.28. The largest absolute Gasteiger partial charge is 0.468 e. The van der Waals surface area contributed by atoms with Gasteiger partial charge in [0.15, 0.2) is 5.96 Å². The zero-order valence-corrected chi connectivity index (χ0v) is 18.5. The van der Waals surface area contributed by atoms with Crippen LogP contribution in [0.1, 0.15) is 50.8 Å². The highest BCUT2D eigenvalue weighted by molar-refractivity contribution is 14.0. The molecule has 6 nitrogen and oxygen atoms in total. The third kappa shape index (κ3) is 8.26. The van der Waals surface area contributed by atoms with Gasteiger partial charge in [0.05, 0.1) is 18.9 Å². The van der Waals surface area contributed by atoms with Crippen molar-refractivity contribution in [2.24, 2.45) is 4.99 Å². The fraction of sp³-hybridized carbons (Fsp3) is 0.737. The van der Waals surface area contributed by atoms with Gasteiger partial charge in [-0.25, -0.2) is 0 Å². The first kappa shape index (κ1) is 23.2. The van der Waals surface area contributed by atoms with E-state index in [4.69, 9.17) is 9.15 Å². The number of piperidine rings is 1. The van der Waals surface area contributed by atoms with Gasteiger partial charge in [-0.15, -0.1) is 24.0 Å². The van der Waals surface area contributed by atoms with Crippen molar-refractivity contribution in [2.75, 3.05) is 46.4 Å². The molecule has 7 heteroatoms. The van der Waals surface area contributed by atoms with E-state index in [0.717, 1.165) is 50.9 Å². The van der Waals surface area contributed by atoms with Gasteiger partial charge in [0.2, 0.25) is 0 Å². The first-order chi connectivity index (χ1) is 12.3. The summed E-state index contributed by atoms with van der Waals surface area (Å²) in [5, 5.41) is 6.75. The van der Waals surface area contributed by atoms with Gasteiger partial charge in [-0.3, -0.25) is 9.89 Å². The lowest BCUT2D eigenvalue weighted by Crippen LogP contribution is -2.45. The standard InChI is InChI=1S/C19H34N4O2.HI/c1-3-4-13-24-15-10-21-19(20-2)22-16-17(18-9-8-14-25-18)23-11-6-5-7-12-23;/h8-9,14,17H,3-7,10-13,15-16H2,1-2H3,(H2,20,21,22);1H. The molecule has 150 valence electrons. The fourth-order valence-electron chi connectivity index (χ4n) is 3.12. The van der Waals surface area contributed by atoms with Gasteiger partial charge in [0.1, 0.15) is 5.76 Å². The number of halogens is 1. The minimum Gasteiger partial charge on any atom is -0.468 e. The third-order valence-electron chi connectivity index (χ3n) is 4.57. The molecule has 1 atom stereocenters. The lowest BCUT2D eigenvalue weighted by Gasteiger charge is -2.33. The monoisotopic (exact) mass is 478 g/mol. The number of nitrogens with one attached hydrogen (secondary N) is 2. The van der Waals surface area contributed by atoms with Crippen LogP contribution in [-0.4, -0.2) is 57.3 Å². The molecule has 0 radical (unpaired) electrons. The zero-order chi connectivity index (χ0) is 17.7. The van der Waals surface area contributed by atoms with E-state index in [9.17, 15) is 0 Å². The molecule has 1 saturated heterocycles. The Kier molecular flexibility index (Phi) is 12.8. The second-order valence-corrected chi connectivity index (χ2v) is 6.47. The van der Waals surface area contributed by atoms with Crippen LogP contribution in [0.2, 0.25) is 0 Å². The van der Waals surface area contributed by atoms with Crippen molar-refractivity contribution in [1.29, 1.82) is 0 Å². The van der Waals surface area contributed by atoms with Gasteiger partial charge in [-0.05, 0) is 44.5 Å². The summed E-state index contributed by atoms with van der Waals surface area (Å²) in [5.74, 6) is 1.83. The molecule has 0 bridgehead atoms. The van der Waals surface area contributed by atoms with Gasteiger partial charge in [0.25, 0.3) is 0 Å². The average Bonchev–Trinajstić information content (AvgIpc) is 3.18. The predicted molar refractivity (Wildman–Crippen MR) is 117 cm³/mol. The van der Waals surface area contributed by atoms with E-state index in [1.165, 1.54) is 25.7 Å². The third-order valence-corrected chi connectivity index (χ3v) is 4.57. The Labute approximate surface area is 175 Å². The second-order valence-electron chi connectivity index (χ2n) is 6.47. The van der Waals surface area contributed by atoms with Gasteiger partial charge in [-0.1, -0.05) is 19.8 Å². The highest BCUT2D eigenvalue weighted by Crippen LogP contribution is 2.24. The van der Waals surface area contributed by atoms with Crippen molar-refractivity contribution in [2.45, 2.75) is 45.1 Å². The minimum absolute atomic E-state index is 0. The molecule has 26 heavy (non-hydrogen) atoms. The number of nitrogens with zero attached hydrogens (tertiary/aromatic N) is 2. The first-order valence-corrected chi connectivity index (χ1v) is 9.65. The number of furan rings is 1. The maximum atomic E-state index is 5.69. The minimum atomic E-state index is 0. The van der Waals surface area contributed by atoms with Crippen molar-refractivity contribution in [3.8, 4) is 0 Å². The van der Waals surface area contributed by atoms with Crippen molar-refractivity contribution in [3.05, 3.63) is 24.2 Å². The van der Waals surface area contributed by atoms with Crippen LogP contribution in [0.3, 0.4) is 0 Å². The molecule has 1 aliphatic rings. The molecule has 2 N–H and O–H groups in total. The number of hydrogen-bond acceptors (Lipinski definition) is 4. The van der Waals surface area contributed by atoms with Gasteiger partial charge in [-0.2, -0.15) is 0 Å². The molecular weight excluding hydrogens is 443 g/mol. The summed E-state index contributed by atoms with van der Waals surface area (Å²) in [5.41, 5.74) is 0. The summed E-state index contributed by atoms with van der Waals surface area (Å²) in [4.78, 5) is 6.82. The molecule has 0 amide bonds. The van der Waals surface area contributed by atoms with E-state index in [-0.39, 0.29) is 30.0 Å². The molecule has 2 rings (SSSR count). The topological polar surface area (TPSA) is 62.0 Å². The van der Waals surface area contributed by atoms with E-state index >= 15 is 0 Å². The molecule has 1 aliphatic heterocycles. The summed E-state index contributed by atoms with van der Waals surface area (Å²) >= 11 is 0. The summed E-state index contributed by atoms with van der Waals surface area (Å²) in [6.45, 7) is 7.51. The van der Waals surface area contributed by atoms with E-state index in [2.05, 4.69) is 33.5 Å². The Morgan fingerprint density at radius 3 is 2.73 bits per heavy atom.